The lowest BCUT2D eigenvalue weighted by molar-refractivity contribution is 0.0682. The Bertz CT molecular complexity index is 513. The van der Waals surface area contributed by atoms with Crippen LogP contribution in [0, 0.1) is 17.1 Å². The van der Waals surface area contributed by atoms with Gasteiger partial charge in [-0.25, -0.2) is 4.39 Å². The van der Waals surface area contributed by atoms with Crippen molar-refractivity contribution < 1.29 is 14.3 Å². The minimum Gasteiger partial charge on any atom is -0.508 e. The Hall–Kier alpha value is -2.13. The van der Waals surface area contributed by atoms with Crippen LogP contribution >= 0.6 is 0 Å². The maximum absolute atomic E-state index is 13.6. The average molecular weight is 249 g/mol. The van der Waals surface area contributed by atoms with Crippen molar-refractivity contribution in [1.82, 2.24) is 10.2 Å². The van der Waals surface area contributed by atoms with Gasteiger partial charge in [-0.15, -0.1) is 0 Å². The molecule has 6 heteroatoms. The first-order valence-corrected chi connectivity index (χ1v) is 5.53. The van der Waals surface area contributed by atoms with Gasteiger partial charge in [0.15, 0.2) is 0 Å². The van der Waals surface area contributed by atoms with Gasteiger partial charge in [0, 0.05) is 25.7 Å². The highest BCUT2D eigenvalue weighted by molar-refractivity contribution is 5.95. The summed E-state index contributed by atoms with van der Waals surface area (Å²) in [6.07, 6.45) is 0. The Morgan fingerprint density at radius 3 is 3.06 bits per heavy atom. The highest BCUT2D eigenvalue weighted by Gasteiger charge is 2.28. The predicted octanol–water partition coefficient (Wildman–Crippen LogP) is 0.469. The first kappa shape index (κ1) is 12.3. The highest BCUT2D eigenvalue weighted by atomic mass is 19.1. The second-order valence-electron chi connectivity index (χ2n) is 4.01. The number of nitrogens with one attached hydrogen (secondary N) is 1. The number of piperazine rings is 1. The molecule has 1 amide bonds. The molecule has 1 aliphatic heterocycles. The van der Waals surface area contributed by atoms with Crippen molar-refractivity contribution in [3.05, 3.63) is 29.6 Å². The van der Waals surface area contributed by atoms with E-state index in [9.17, 15) is 9.18 Å². The number of carbonyl (C=O) groups is 1. The lowest BCUT2D eigenvalue weighted by atomic mass is 10.1. The van der Waals surface area contributed by atoms with Crippen molar-refractivity contribution in [1.29, 1.82) is 5.26 Å². The molecule has 1 aromatic rings. The topological polar surface area (TPSA) is 76.4 Å². The van der Waals surface area contributed by atoms with Gasteiger partial charge in [-0.1, -0.05) is 0 Å². The summed E-state index contributed by atoms with van der Waals surface area (Å²) in [4.78, 5) is 13.5. The number of amides is 1. The first-order valence-electron chi connectivity index (χ1n) is 5.53. The predicted molar refractivity (Wildman–Crippen MR) is 61.4 cm³/mol. The Balaban J connectivity index is 2.27. The van der Waals surface area contributed by atoms with Crippen LogP contribution in [0.25, 0.3) is 0 Å². The van der Waals surface area contributed by atoms with Gasteiger partial charge in [0.1, 0.15) is 17.6 Å². The summed E-state index contributed by atoms with van der Waals surface area (Å²) in [6, 6.07) is 4.77. The lowest BCUT2D eigenvalue weighted by Crippen LogP contribution is -2.53. The summed E-state index contributed by atoms with van der Waals surface area (Å²) in [5, 5.41) is 21.0. The lowest BCUT2D eigenvalue weighted by Gasteiger charge is -2.32. The highest BCUT2D eigenvalue weighted by Crippen LogP contribution is 2.18. The molecule has 2 rings (SSSR count). The van der Waals surface area contributed by atoms with E-state index in [1.807, 2.05) is 6.07 Å². The number of hydrogen-bond acceptors (Lipinski definition) is 4. The summed E-state index contributed by atoms with van der Waals surface area (Å²) in [6.45, 7) is 1.31. The molecule has 0 saturated carbocycles. The van der Waals surface area contributed by atoms with E-state index in [-0.39, 0.29) is 11.3 Å². The van der Waals surface area contributed by atoms with Crippen LogP contribution < -0.4 is 5.32 Å². The zero-order valence-electron chi connectivity index (χ0n) is 9.56. The van der Waals surface area contributed by atoms with Crippen LogP contribution in [0.2, 0.25) is 0 Å². The van der Waals surface area contributed by atoms with Gasteiger partial charge >= 0.3 is 0 Å². The molecule has 1 unspecified atom stereocenters. The molecular formula is C12H12FN3O2. The van der Waals surface area contributed by atoms with E-state index >= 15 is 0 Å². The van der Waals surface area contributed by atoms with Crippen LogP contribution in [-0.4, -0.2) is 41.6 Å². The summed E-state index contributed by atoms with van der Waals surface area (Å²) < 4.78 is 13.6. The number of benzene rings is 1. The van der Waals surface area contributed by atoms with Gasteiger partial charge in [-0.05, 0) is 12.1 Å². The SMILES string of the molecule is N#CC1CNCCN1C(=O)c1ccc(O)cc1F. The second kappa shape index (κ2) is 5.02. The van der Waals surface area contributed by atoms with Gasteiger partial charge in [-0.2, -0.15) is 5.26 Å². The van der Waals surface area contributed by atoms with Crippen LogP contribution in [0.15, 0.2) is 18.2 Å². The molecule has 5 nitrogen and oxygen atoms in total. The van der Waals surface area contributed by atoms with Crippen LogP contribution in [0.4, 0.5) is 4.39 Å². The van der Waals surface area contributed by atoms with Gasteiger partial charge < -0.3 is 15.3 Å². The largest absolute Gasteiger partial charge is 0.508 e. The molecule has 1 atom stereocenters. The fraction of sp³-hybridized carbons (Fsp3) is 0.333. The fourth-order valence-electron chi connectivity index (χ4n) is 1.89. The molecule has 94 valence electrons. The molecule has 1 aliphatic rings. The van der Waals surface area contributed by atoms with Crippen LogP contribution in [-0.2, 0) is 0 Å². The van der Waals surface area contributed by atoms with Gasteiger partial charge in [0.25, 0.3) is 5.91 Å². The third-order valence-electron chi connectivity index (χ3n) is 2.84. The number of phenols is 1. The van der Waals surface area contributed by atoms with Crippen molar-refractivity contribution in [2.24, 2.45) is 0 Å². The molecule has 0 bridgehead atoms. The summed E-state index contributed by atoms with van der Waals surface area (Å²) in [7, 11) is 0. The maximum Gasteiger partial charge on any atom is 0.257 e. The Morgan fingerprint density at radius 2 is 2.39 bits per heavy atom. The molecule has 1 fully saturated rings. The third-order valence-corrected chi connectivity index (χ3v) is 2.84. The third kappa shape index (κ3) is 2.26. The Labute approximate surface area is 103 Å². The quantitative estimate of drug-likeness (QED) is 0.758. The standard InChI is InChI=1S/C12H12FN3O2/c13-11-5-9(17)1-2-10(11)12(18)16-4-3-15-7-8(16)6-14/h1-2,5,8,15,17H,3-4,7H2. The fourth-order valence-corrected chi connectivity index (χ4v) is 1.89. The molecule has 1 heterocycles. The molecule has 0 aliphatic carbocycles. The number of hydrogen-bond donors (Lipinski definition) is 2. The van der Waals surface area contributed by atoms with Crippen molar-refractivity contribution in [3.63, 3.8) is 0 Å². The molecule has 0 spiro atoms. The Morgan fingerprint density at radius 1 is 1.61 bits per heavy atom. The second-order valence-corrected chi connectivity index (χ2v) is 4.01. The molecule has 0 radical (unpaired) electrons. The molecule has 0 aromatic heterocycles. The van der Waals surface area contributed by atoms with Gasteiger partial charge in [0.05, 0.1) is 11.6 Å². The molecule has 1 aromatic carbocycles. The van der Waals surface area contributed by atoms with Crippen molar-refractivity contribution in [2.75, 3.05) is 19.6 Å². The average Bonchev–Trinajstić information content (AvgIpc) is 2.38. The van der Waals surface area contributed by atoms with E-state index in [1.165, 1.54) is 17.0 Å². The maximum atomic E-state index is 13.6. The van der Waals surface area contributed by atoms with Crippen molar-refractivity contribution in [3.8, 4) is 11.8 Å². The van der Waals surface area contributed by atoms with Crippen molar-refractivity contribution >= 4 is 5.91 Å². The number of carbonyl (C=O) groups excluding carboxylic acids is 1. The normalized spacial score (nSPS) is 19.3. The van der Waals surface area contributed by atoms with E-state index in [1.54, 1.807) is 0 Å². The molecule has 18 heavy (non-hydrogen) atoms. The van der Waals surface area contributed by atoms with Crippen molar-refractivity contribution in [2.45, 2.75) is 6.04 Å². The van der Waals surface area contributed by atoms with Gasteiger partial charge in [0.2, 0.25) is 0 Å². The minimum absolute atomic E-state index is 0.130. The number of aromatic hydroxyl groups is 1. The summed E-state index contributed by atoms with van der Waals surface area (Å²) >= 11 is 0. The number of rotatable bonds is 1. The Kier molecular flexibility index (Phi) is 3.44. The number of nitriles is 1. The number of phenolic OH excluding ortho intramolecular Hbond substituents is 1. The molecule has 2 N–H and O–H groups in total. The minimum atomic E-state index is -0.782. The van der Waals surface area contributed by atoms with E-state index < -0.39 is 17.8 Å². The van der Waals surface area contributed by atoms with Crippen LogP contribution in [0.5, 0.6) is 5.75 Å². The zero-order valence-corrected chi connectivity index (χ0v) is 9.56. The summed E-state index contributed by atoms with van der Waals surface area (Å²) in [5.41, 5.74) is -0.130. The molecular weight excluding hydrogens is 237 g/mol. The van der Waals surface area contributed by atoms with Crippen LogP contribution in [0.1, 0.15) is 10.4 Å². The van der Waals surface area contributed by atoms with Crippen LogP contribution in [0.3, 0.4) is 0 Å². The first-order chi connectivity index (χ1) is 8.63. The number of nitrogens with zero attached hydrogens (tertiary/aromatic N) is 2. The zero-order chi connectivity index (χ0) is 13.1. The van der Waals surface area contributed by atoms with E-state index in [0.29, 0.717) is 19.6 Å². The van der Waals surface area contributed by atoms with E-state index in [2.05, 4.69) is 5.32 Å². The van der Waals surface area contributed by atoms with Gasteiger partial charge in [-0.3, -0.25) is 4.79 Å². The number of halogens is 1. The van der Waals surface area contributed by atoms with E-state index in [0.717, 1.165) is 6.07 Å². The monoisotopic (exact) mass is 249 g/mol. The molecule has 1 saturated heterocycles. The van der Waals surface area contributed by atoms with E-state index in [4.69, 9.17) is 10.4 Å². The summed E-state index contributed by atoms with van der Waals surface area (Å²) in [5.74, 6) is -1.54. The smallest absolute Gasteiger partial charge is 0.257 e.